The molecule has 0 saturated heterocycles. The molecule has 2 unspecified atom stereocenters. The molecule has 1 aliphatic rings. The van der Waals surface area contributed by atoms with Gasteiger partial charge in [-0.15, -0.1) is 0 Å². The van der Waals surface area contributed by atoms with Crippen molar-refractivity contribution >= 4 is 0 Å². The van der Waals surface area contributed by atoms with Gasteiger partial charge in [0, 0.05) is 12.1 Å². The fourth-order valence-corrected chi connectivity index (χ4v) is 3.28. The van der Waals surface area contributed by atoms with Gasteiger partial charge in [-0.3, -0.25) is 0 Å². The van der Waals surface area contributed by atoms with Gasteiger partial charge in [0.05, 0.1) is 6.42 Å². The van der Waals surface area contributed by atoms with Crippen LogP contribution in [0, 0.1) is 5.92 Å². The summed E-state index contributed by atoms with van der Waals surface area (Å²) in [6.45, 7) is 2.03. The molecular formula is C17H24F3N. The molecule has 1 N–H and O–H groups in total. The van der Waals surface area contributed by atoms with E-state index in [1.165, 1.54) is 19.3 Å². The van der Waals surface area contributed by atoms with Crippen molar-refractivity contribution in [1.29, 1.82) is 0 Å². The summed E-state index contributed by atoms with van der Waals surface area (Å²) in [6.07, 6.45) is 0.947. The van der Waals surface area contributed by atoms with Crippen LogP contribution >= 0.6 is 0 Å². The third-order valence-electron chi connectivity index (χ3n) is 4.46. The molecule has 1 aromatic rings. The zero-order chi connectivity index (χ0) is 15.3. The second-order valence-electron chi connectivity index (χ2n) is 6.14. The molecule has 0 aromatic heterocycles. The van der Waals surface area contributed by atoms with Crippen molar-refractivity contribution in [2.24, 2.45) is 5.92 Å². The van der Waals surface area contributed by atoms with E-state index in [0.29, 0.717) is 5.92 Å². The average molecular weight is 299 g/mol. The number of halogens is 3. The lowest BCUT2D eigenvalue weighted by molar-refractivity contribution is -0.141. The first-order chi connectivity index (χ1) is 9.96. The Kier molecular flexibility index (Phi) is 5.68. The first-order valence-electron chi connectivity index (χ1n) is 7.83. The number of rotatable bonds is 5. The monoisotopic (exact) mass is 299 g/mol. The average Bonchev–Trinajstić information content (AvgIpc) is 2.47. The maximum atomic E-state index is 12.8. The molecule has 21 heavy (non-hydrogen) atoms. The minimum atomic E-state index is -4.15. The van der Waals surface area contributed by atoms with E-state index >= 15 is 0 Å². The molecule has 0 amide bonds. The van der Waals surface area contributed by atoms with E-state index < -0.39 is 18.6 Å². The Morgan fingerprint density at radius 3 is 2.29 bits per heavy atom. The van der Waals surface area contributed by atoms with Crippen molar-refractivity contribution in [1.82, 2.24) is 5.32 Å². The minimum Gasteiger partial charge on any atom is -0.307 e. The molecule has 0 spiro atoms. The summed E-state index contributed by atoms with van der Waals surface area (Å²) in [5, 5.41) is 3.24. The van der Waals surface area contributed by atoms with Gasteiger partial charge in [-0.05, 0) is 31.2 Å². The maximum absolute atomic E-state index is 12.8. The van der Waals surface area contributed by atoms with Gasteiger partial charge in [-0.1, -0.05) is 49.6 Å². The van der Waals surface area contributed by atoms with Gasteiger partial charge in [-0.25, -0.2) is 0 Å². The summed E-state index contributed by atoms with van der Waals surface area (Å²) in [4.78, 5) is 0. The molecule has 0 radical (unpaired) electrons. The van der Waals surface area contributed by atoms with Gasteiger partial charge in [0.2, 0.25) is 0 Å². The van der Waals surface area contributed by atoms with Crippen molar-refractivity contribution in [3.63, 3.8) is 0 Å². The van der Waals surface area contributed by atoms with Gasteiger partial charge >= 0.3 is 6.18 Å². The summed E-state index contributed by atoms with van der Waals surface area (Å²) < 4.78 is 38.5. The van der Waals surface area contributed by atoms with Crippen molar-refractivity contribution in [3.05, 3.63) is 35.9 Å². The first-order valence-corrected chi connectivity index (χ1v) is 7.83. The molecular weight excluding hydrogens is 275 g/mol. The van der Waals surface area contributed by atoms with E-state index in [9.17, 15) is 13.2 Å². The zero-order valence-electron chi connectivity index (χ0n) is 12.5. The summed E-state index contributed by atoms with van der Waals surface area (Å²) >= 11 is 0. The van der Waals surface area contributed by atoms with Gasteiger partial charge in [0.15, 0.2) is 0 Å². The molecule has 1 fully saturated rings. The van der Waals surface area contributed by atoms with Crippen LogP contribution < -0.4 is 5.32 Å². The van der Waals surface area contributed by atoms with E-state index in [1.54, 1.807) is 24.3 Å². The lowest BCUT2D eigenvalue weighted by Gasteiger charge is -2.32. The van der Waals surface area contributed by atoms with Gasteiger partial charge < -0.3 is 5.32 Å². The van der Waals surface area contributed by atoms with Crippen LogP contribution in [-0.2, 0) is 0 Å². The number of hydrogen-bond donors (Lipinski definition) is 1. The number of benzene rings is 1. The van der Waals surface area contributed by atoms with E-state index in [4.69, 9.17) is 0 Å². The van der Waals surface area contributed by atoms with E-state index in [2.05, 4.69) is 5.32 Å². The fourth-order valence-electron chi connectivity index (χ4n) is 3.28. The van der Waals surface area contributed by atoms with Crippen molar-refractivity contribution < 1.29 is 13.2 Å². The number of alkyl halides is 3. The molecule has 1 aliphatic carbocycles. The van der Waals surface area contributed by atoms with E-state index in [0.717, 1.165) is 18.4 Å². The molecule has 0 heterocycles. The third kappa shape index (κ3) is 5.34. The van der Waals surface area contributed by atoms with Crippen LogP contribution in [0.4, 0.5) is 13.2 Å². The standard InChI is InChI=1S/C17H24F3N/c1-13(14-8-4-2-5-9-14)21-16(12-17(18,19)20)15-10-6-3-7-11-15/h3,6-7,10-11,13-14,16,21H,2,4-5,8-9,12H2,1H3. The Labute approximate surface area is 124 Å². The van der Waals surface area contributed by atoms with Crippen molar-refractivity contribution in [2.75, 3.05) is 0 Å². The fraction of sp³-hybridized carbons (Fsp3) is 0.647. The smallest absolute Gasteiger partial charge is 0.307 e. The van der Waals surface area contributed by atoms with Gasteiger partial charge in [0.25, 0.3) is 0 Å². The maximum Gasteiger partial charge on any atom is 0.390 e. The highest BCUT2D eigenvalue weighted by atomic mass is 19.4. The SMILES string of the molecule is CC(NC(CC(F)(F)F)c1ccccc1)C1CCCCC1. The van der Waals surface area contributed by atoms with Crippen LogP contribution in [0.5, 0.6) is 0 Å². The predicted molar refractivity (Wildman–Crippen MR) is 79.0 cm³/mol. The third-order valence-corrected chi connectivity index (χ3v) is 4.46. The van der Waals surface area contributed by atoms with E-state index in [-0.39, 0.29) is 6.04 Å². The molecule has 2 rings (SSSR count). The molecule has 1 nitrogen and oxygen atoms in total. The van der Waals surface area contributed by atoms with Crippen LogP contribution in [0.2, 0.25) is 0 Å². The largest absolute Gasteiger partial charge is 0.390 e. The second-order valence-corrected chi connectivity index (χ2v) is 6.14. The van der Waals surface area contributed by atoms with Crippen LogP contribution in [-0.4, -0.2) is 12.2 Å². The Morgan fingerprint density at radius 1 is 1.10 bits per heavy atom. The minimum absolute atomic E-state index is 0.123. The first kappa shape index (κ1) is 16.3. The Bertz CT molecular complexity index is 410. The summed E-state index contributed by atoms with van der Waals surface area (Å²) in [6, 6.07) is 8.45. The Hall–Kier alpha value is -1.03. The quantitative estimate of drug-likeness (QED) is 0.784. The molecule has 2 atom stereocenters. The summed E-state index contributed by atoms with van der Waals surface area (Å²) in [5.74, 6) is 0.498. The van der Waals surface area contributed by atoms with Crippen LogP contribution in [0.3, 0.4) is 0 Å². The molecule has 1 aromatic carbocycles. The topological polar surface area (TPSA) is 12.0 Å². The highest BCUT2D eigenvalue weighted by molar-refractivity contribution is 5.19. The van der Waals surface area contributed by atoms with Crippen LogP contribution in [0.25, 0.3) is 0 Å². The van der Waals surface area contributed by atoms with Gasteiger partial charge in [-0.2, -0.15) is 13.2 Å². The highest BCUT2D eigenvalue weighted by Gasteiger charge is 2.34. The molecule has 1 saturated carbocycles. The number of hydrogen-bond acceptors (Lipinski definition) is 1. The lowest BCUT2D eigenvalue weighted by Crippen LogP contribution is -2.39. The summed E-state index contributed by atoms with van der Waals surface area (Å²) in [5.41, 5.74) is 0.720. The van der Waals surface area contributed by atoms with E-state index in [1.807, 2.05) is 13.0 Å². The molecule has 0 aliphatic heterocycles. The Morgan fingerprint density at radius 2 is 1.71 bits per heavy atom. The van der Waals surface area contributed by atoms with Crippen molar-refractivity contribution in [3.8, 4) is 0 Å². The zero-order valence-corrected chi connectivity index (χ0v) is 12.5. The summed E-state index contributed by atoms with van der Waals surface area (Å²) in [7, 11) is 0. The normalized spacial score (nSPS) is 20.2. The highest BCUT2D eigenvalue weighted by Crippen LogP contribution is 2.32. The van der Waals surface area contributed by atoms with Gasteiger partial charge in [0.1, 0.15) is 0 Å². The van der Waals surface area contributed by atoms with Crippen LogP contribution in [0.1, 0.15) is 57.1 Å². The number of nitrogens with one attached hydrogen (secondary N) is 1. The lowest BCUT2D eigenvalue weighted by atomic mass is 9.84. The Balaban J connectivity index is 2.04. The molecule has 118 valence electrons. The molecule has 0 bridgehead atoms. The second kappa shape index (κ2) is 7.30. The van der Waals surface area contributed by atoms with Crippen molar-refractivity contribution in [2.45, 2.75) is 63.7 Å². The van der Waals surface area contributed by atoms with Crippen LogP contribution in [0.15, 0.2) is 30.3 Å². The predicted octanol–water partition coefficient (Wildman–Crippen LogP) is 5.24. The molecule has 4 heteroatoms.